The Morgan fingerprint density at radius 2 is 1.18 bits per heavy atom. The van der Waals surface area contributed by atoms with Gasteiger partial charge in [0.25, 0.3) is 0 Å². The van der Waals surface area contributed by atoms with Gasteiger partial charge in [0.15, 0.2) is 23.0 Å². The number of ether oxygens (including phenoxy) is 2. The average molecular weight is 794 g/mol. The number of aromatic nitrogens is 7. The number of hydrogen-bond acceptors (Lipinski definition) is 15. The molecule has 0 radical (unpaired) electrons. The third kappa shape index (κ3) is 16.3. The summed E-state index contributed by atoms with van der Waals surface area (Å²) in [5, 5.41) is 17.4. The van der Waals surface area contributed by atoms with E-state index in [1.807, 2.05) is 58.0 Å². The van der Waals surface area contributed by atoms with Gasteiger partial charge in [-0.2, -0.15) is 10.2 Å². The molecule has 19 nitrogen and oxygen atoms in total. The monoisotopic (exact) mass is 793 g/mol. The number of halogens is 1. The molecule has 0 saturated carbocycles. The maximum Gasteiger partial charge on any atom is 1.00 e. The molecule has 0 atom stereocenters. The molecule has 0 fully saturated rings. The zero-order valence-electron chi connectivity index (χ0n) is 32.4. The second-order valence-electron chi connectivity index (χ2n) is 10.9. The van der Waals surface area contributed by atoms with Crippen molar-refractivity contribution in [1.82, 2.24) is 34.5 Å². The Labute approximate surface area is 341 Å². The molecule has 0 unspecified atom stereocenters. The topological polar surface area (TPSA) is 298 Å². The minimum atomic E-state index is -1.01. The van der Waals surface area contributed by atoms with E-state index in [1.165, 1.54) is 29.5 Å². The number of pyridine rings is 3. The van der Waals surface area contributed by atoms with Crippen LogP contribution in [0, 0.1) is 34.6 Å². The smallest absolute Gasteiger partial charge is 0.870 e. The van der Waals surface area contributed by atoms with Crippen molar-refractivity contribution in [2.75, 3.05) is 19.6 Å². The van der Waals surface area contributed by atoms with Crippen LogP contribution in [0.5, 0.6) is 0 Å². The molecule has 5 aromatic heterocycles. The number of rotatable bonds is 8. The number of carboxylic acids is 1. The van der Waals surface area contributed by atoms with Gasteiger partial charge >= 0.3 is 36.8 Å². The van der Waals surface area contributed by atoms with Crippen molar-refractivity contribution in [3.8, 4) is 11.6 Å². The normalized spacial score (nSPS) is 9.09. The van der Waals surface area contributed by atoms with E-state index in [9.17, 15) is 24.0 Å². The van der Waals surface area contributed by atoms with Crippen LogP contribution in [0.4, 0.5) is 5.82 Å². The molecular weight excluding hydrogens is 749 g/mol. The van der Waals surface area contributed by atoms with Crippen LogP contribution >= 0.6 is 12.4 Å². The number of nitrogen functional groups attached to an aromatic ring is 1. The minimum Gasteiger partial charge on any atom is -0.870 e. The molecule has 0 amide bonds. The first-order valence-electron chi connectivity index (χ1n) is 15.4. The molecule has 21 heteroatoms. The van der Waals surface area contributed by atoms with Gasteiger partial charge in [0.05, 0.1) is 32.0 Å². The van der Waals surface area contributed by atoms with Gasteiger partial charge in [0, 0.05) is 18.6 Å². The molecule has 298 valence electrons. The Morgan fingerprint density at radius 3 is 1.54 bits per heavy atom. The summed E-state index contributed by atoms with van der Waals surface area (Å²) in [5.74, 6) is 3.53. The summed E-state index contributed by atoms with van der Waals surface area (Å²) in [4.78, 5) is 66.0. The number of aryl methyl sites for hydroxylation is 5. The Balaban J connectivity index is -0.000000675. The number of nitrogens with two attached hydrogens (primary N) is 1. The van der Waals surface area contributed by atoms with Crippen LogP contribution in [-0.4, -0.2) is 94.3 Å². The van der Waals surface area contributed by atoms with Gasteiger partial charge in [-0.15, -0.1) is 12.4 Å². The predicted molar refractivity (Wildman–Crippen MR) is 202 cm³/mol. The quantitative estimate of drug-likeness (QED) is 0.0467. The number of anilines is 1. The summed E-state index contributed by atoms with van der Waals surface area (Å²) in [6, 6.07) is 14.4. The van der Waals surface area contributed by atoms with Crippen molar-refractivity contribution in [2.24, 2.45) is 5.84 Å². The fourth-order valence-corrected chi connectivity index (χ4v) is 4.17. The van der Waals surface area contributed by atoms with E-state index in [2.05, 4.69) is 35.3 Å². The van der Waals surface area contributed by atoms with E-state index >= 15 is 0 Å². The zero-order valence-corrected chi connectivity index (χ0v) is 33.2. The van der Waals surface area contributed by atoms with Crippen LogP contribution < -0.4 is 30.1 Å². The van der Waals surface area contributed by atoms with Crippen LogP contribution in [-0.2, 0) is 23.9 Å². The third-order valence-electron chi connectivity index (χ3n) is 6.61. The molecule has 5 rings (SSSR count). The first-order chi connectivity index (χ1) is 24.6. The van der Waals surface area contributed by atoms with Gasteiger partial charge in [0.2, 0.25) is 5.78 Å². The Hall–Kier alpha value is -5.81. The fourth-order valence-electron chi connectivity index (χ4n) is 4.17. The van der Waals surface area contributed by atoms with E-state index in [0.717, 1.165) is 35.3 Å². The number of methoxy groups -OCH3 is 2. The summed E-state index contributed by atoms with van der Waals surface area (Å²) >= 11 is 0. The molecule has 0 spiro atoms. The summed E-state index contributed by atoms with van der Waals surface area (Å²) in [7, 11) is 2.45. The van der Waals surface area contributed by atoms with Crippen LogP contribution in [0.2, 0.25) is 0 Å². The number of hydrogen-bond donors (Lipinski definition) is 3. The van der Waals surface area contributed by atoms with E-state index in [-0.39, 0.29) is 60.1 Å². The van der Waals surface area contributed by atoms with Gasteiger partial charge in [-0.25, -0.2) is 44.5 Å². The van der Waals surface area contributed by atoms with Crippen molar-refractivity contribution in [2.45, 2.75) is 48.0 Å². The number of ketones is 2. The van der Waals surface area contributed by atoms with Gasteiger partial charge < -0.3 is 31.0 Å². The molecular formula is C35H45ClLiN9O10. The molecule has 5 aromatic rings. The van der Waals surface area contributed by atoms with Crippen molar-refractivity contribution >= 4 is 47.7 Å². The van der Waals surface area contributed by atoms with Crippen LogP contribution in [0.25, 0.3) is 11.6 Å². The molecule has 56 heavy (non-hydrogen) atoms. The van der Waals surface area contributed by atoms with E-state index in [4.69, 9.17) is 15.7 Å². The second-order valence-corrected chi connectivity index (χ2v) is 10.9. The molecule has 0 bridgehead atoms. The van der Waals surface area contributed by atoms with Crippen molar-refractivity contribution in [1.29, 1.82) is 0 Å². The first kappa shape index (κ1) is 54.5. The average Bonchev–Trinajstić information content (AvgIpc) is 3.71. The summed E-state index contributed by atoms with van der Waals surface area (Å²) in [6.07, 6.45) is 4.61. The zero-order chi connectivity index (χ0) is 39.0. The second kappa shape index (κ2) is 26.9. The van der Waals surface area contributed by atoms with Crippen molar-refractivity contribution in [3.63, 3.8) is 0 Å². The number of hydrazine groups is 1. The maximum atomic E-state index is 11.6. The first-order valence-corrected chi connectivity index (χ1v) is 15.4. The number of carbonyl (C=O) groups excluding carboxylic acids is 4. The van der Waals surface area contributed by atoms with E-state index in [1.54, 1.807) is 37.6 Å². The molecule has 0 saturated heterocycles. The van der Waals surface area contributed by atoms with Gasteiger partial charge in [-0.3, -0.25) is 9.59 Å². The number of nitrogens with one attached hydrogen (secondary N) is 1. The number of aromatic carboxylic acids is 1. The van der Waals surface area contributed by atoms with Crippen molar-refractivity contribution < 1.29 is 68.4 Å². The maximum absolute atomic E-state index is 11.6. The van der Waals surface area contributed by atoms with E-state index in [0.29, 0.717) is 23.0 Å². The Morgan fingerprint density at radius 1 is 0.750 bits per heavy atom. The standard InChI is InChI=1S/C12H13N3O2.C11H11N3O2.C6H9N3.C6H8O4.ClH.Li.2H2O/c1-8-5-4-6-13-11(8)15-10(12(16)17-3)7-9(2)14-15;1-7-4-3-5-12-10(7)14-9(11(15)16)6-8(2)13-14;1-5-3-2-4-8-6(5)9-7;1-4(7)3-5(8)6(9)10-2;;;;/h4-7H,1-3H3;3-6H,1-2H3,(H,15,16);2-4H,7H2,1H3,(H,8,9);3H2,1-2H3;1H;;2*1H2/q;;;;;+1;;/p-1. The summed E-state index contributed by atoms with van der Waals surface area (Å²) < 4.78 is 11.7. The number of Topliss-reactive ketones (excluding diaryl/α,β-unsaturated/α-hetero) is 2. The number of nitrogens with zero attached hydrogens (tertiary/aromatic N) is 7. The summed E-state index contributed by atoms with van der Waals surface area (Å²) in [5.41, 5.74) is 7.27. The molecule has 0 aromatic carbocycles. The SMILES string of the molecule is COC(=O)C(=O)CC(C)=O.COC(=O)c1cc(C)nn1-c1ncccc1C.Cc1cc(C(=O)O)n(-c2ncccc2C)n1.Cc1cccnc1NN.Cl.O.[Li+].[OH-]. The largest absolute Gasteiger partial charge is 1.00 e. The number of carboxylic acid groups (broad SMARTS) is 1. The van der Waals surface area contributed by atoms with Crippen LogP contribution in [0.1, 0.15) is 62.4 Å². The van der Waals surface area contributed by atoms with Crippen molar-refractivity contribution in [3.05, 3.63) is 107 Å². The van der Waals surface area contributed by atoms with E-state index < -0.39 is 23.7 Å². The number of esters is 2. The Bertz CT molecular complexity index is 2040. The molecule has 5 heterocycles. The van der Waals surface area contributed by atoms with Gasteiger partial charge in [-0.05, 0) is 88.6 Å². The molecule has 7 N–H and O–H groups in total. The minimum absolute atomic E-state index is 0. The fraction of sp³-hybridized carbons (Fsp3) is 0.257. The van der Waals surface area contributed by atoms with Gasteiger partial charge in [0.1, 0.15) is 11.6 Å². The Kier molecular flexibility index (Phi) is 26.2. The number of carbonyl (C=O) groups is 5. The predicted octanol–water partition coefficient (Wildman–Crippen LogP) is 0.0606. The van der Waals surface area contributed by atoms with Gasteiger partial charge in [-0.1, -0.05) is 18.2 Å². The third-order valence-corrected chi connectivity index (χ3v) is 6.61. The van der Waals surface area contributed by atoms with Crippen LogP contribution in [0.15, 0.2) is 67.1 Å². The molecule has 0 aliphatic rings. The van der Waals surface area contributed by atoms with Crippen LogP contribution in [0.3, 0.4) is 0 Å². The molecule has 0 aliphatic heterocycles. The summed E-state index contributed by atoms with van der Waals surface area (Å²) in [6.45, 7) is 10.5. The molecule has 0 aliphatic carbocycles.